The van der Waals surface area contributed by atoms with Crippen LogP contribution in [-0.4, -0.2) is 17.4 Å². The van der Waals surface area contributed by atoms with E-state index in [4.69, 9.17) is 12.2 Å². The third kappa shape index (κ3) is 6.45. The Morgan fingerprint density at radius 2 is 1.91 bits per heavy atom. The van der Waals surface area contributed by atoms with Crippen LogP contribution in [0, 0.1) is 5.82 Å². The lowest BCUT2D eigenvalue weighted by Gasteiger charge is -2.10. The van der Waals surface area contributed by atoms with Crippen LogP contribution in [0.5, 0.6) is 0 Å². The van der Waals surface area contributed by atoms with Gasteiger partial charge >= 0.3 is 0 Å². The molecule has 0 aliphatic carbocycles. The van der Waals surface area contributed by atoms with Gasteiger partial charge < -0.3 is 10.6 Å². The highest BCUT2D eigenvalue weighted by atomic mass is 32.2. The average molecular weight is 334 g/mol. The third-order valence-electron chi connectivity index (χ3n) is 2.95. The van der Waals surface area contributed by atoms with Crippen molar-refractivity contribution in [3.05, 3.63) is 66.0 Å². The van der Waals surface area contributed by atoms with Crippen LogP contribution in [0.1, 0.15) is 12.0 Å². The van der Waals surface area contributed by atoms with Crippen molar-refractivity contribution < 1.29 is 4.39 Å². The molecule has 2 rings (SSSR count). The molecular weight excluding hydrogens is 315 g/mol. The summed E-state index contributed by atoms with van der Waals surface area (Å²) in [7, 11) is 0. The van der Waals surface area contributed by atoms with E-state index in [2.05, 4.69) is 34.9 Å². The Morgan fingerprint density at radius 3 is 2.68 bits per heavy atom. The predicted molar refractivity (Wildman–Crippen MR) is 97.8 cm³/mol. The average Bonchev–Trinajstić information content (AvgIpc) is 2.52. The molecule has 2 aromatic carbocycles. The quantitative estimate of drug-likeness (QED) is 0.577. The van der Waals surface area contributed by atoms with Crippen LogP contribution < -0.4 is 10.6 Å². The molecule has 0 heterocycles. The number of rotatable bonds is 7. The van der Waals surface area contributed by atoms with Gasteiger partial charge in [-0.25, -0.2) is 4.39 Å². The molecular formula is C17H19FN2S2. The van der Waals surface area contributed by atoms with E-state index in [1.165, 1.54) is 17.7 Å². The van der Waals surface area contributed by atoms with Crippen LogP contribution in [0.2, 0.25) is 0 Å². The summed E-state index contributed by atoms with van der Waals surface area (Å²) in [4.78, 5) is 0. The number of thioether (sulfide) groups is 1. The number of hydrogen-bond acceptors (Lipinski definition) is 2. The molecule has 0 unspecified atom stereocenters. The van der Waals surface area contributed by atoms with Gasteiger partial charge in [-0.05, 0) is 48.2 Å². The molecule has 0 radical (unpaired) electrons. The molecule has 0 aromatic heterocycles. The first-order chi connectivity index (χ1) is 10.7. The van der Waals surface area contributed by atoms with Crippen LogP contribution in [-0.2, 0) is 5.75 Å². The second-order valence-electron chi connectivity index (χ2n) is 4.78. The van der Waals surface area contributed by atoms with E-state index in [0.29, 0.717) is 10.8 Å². The molecule has 2 aromatic rings. The fourth-order valence-corrected chi connectivity index (χ4v) is 3.02. The van der Waals surface area contributed by atoms with Gasteiger partial charge in [0.2, 0.25) is 0 Å². The lowest BCUT2D eigenvalue weighted by Crippen LogP contribution is -2.29. The second kappa shape index (κ2) is 9.43. The van der Waals surface area contributed by atoms with Gasteiger partial charge in [0.1, 0.15) is 5.82 Å². The van der Waals surface area contributed by atoms with E-state index < -0.39 is 0 Å². The zero-order valence-corrected chi connectivity index (χ0v) is 13.9. The van der Waals surface area contributed by atoms with Crippen molar-refractivity contribution in [2.45, 2.75) is 12.2 Å². The van der Waals surface area contributed by atoms with Gasteiger partial charge in [0, 0.05) is 18.0 Å². The van der Waals surface area contributed by atoms with E-state index in [1.807, 2.05) is 17.8 Å². The maximum absolute atomic E-state index is 13.0. The molecule has 2 nitrogen and oxygen atoms in total. The van der Waals surface area contributed by atoms with Gasteiger partial charge in [-0.3, -0.25) is 0 Å². The normalized spacial score (nSPS) is 10.2. The van der Waals surface area contributed by atoms with E-state index in [-0.39, 0.29) is 5.82 Å². The van der Waals surface area contributed by atoms with E-state index in [1.54, 1.807) is 12.1 Å². The Balaban J connectivity index is 1.56. The summed E-state index contributed by atoms with van der Waals surface area (Å²) in [6.07, 6.45) is 1.03. The van der Waals surface area contributed by atoms with Crippen LogP contribution >= 0.6 is 24.0 Å². The van der Waals surface area contributed by atoms with Crippen molar-refractivity contribution in [3.63, 3.8) is 0 Å². The van der Waals surface area contributed by atoms with Crippen molar-refractivity contribution in [1.82, 2.24) is 5.32 Å². The first-order valence-electron chi connectivity index (χ1n) is 7.16. The van der Waals surface area contributed by atoms with Gasteiger partial charge in [0.15, 0.2) is 5.11 Å². The summed E-state index contributed by atoms with van der Waals surface area (Å²) < 4.78 is 13.0. The monoisotopic (exact) mass is 334 g/mol. The summed E-state index contributed by atoms with van der Waals surface area (Å²) in [5.41, 5.74) is 2.01. The lowest BCUT2D eigenvalue weighted by molar-refractivity contribution is 0.628. The zero-order valence-electron chi connectivity index (χ0n) is 12.2. The Morgan fingerprint density at radius 1 is 1.09 bits per heavy atom. The molecule has 0 saturated carbocycles. The topological polar surface area (TPSA) is 24.1 Å². The third-order valence-corrected chi connectivity index (χ3v) is 4.31. The van der Waals surface area contributed by atoms with Crippen LogP contribution in [0.3, 0.4) is 0 Å². The van der Waals surface area contributed by atoms with Crippen LogP contribution in [0.15, 0.2) is 54.6 Å². The largest absolute Gasteiger partial charge is 0.362 e. The molecule has 0 bridgehead atoms. The Hall–Kier alpha value is -1.59. The minimum absolute atomic E-state index is 0.273. The number of halogens is 1. The highest BCUT2D eigenvalue weighted by molar-refractivity contribution is 7.98. The Labute approximate surface area is 140 Å². The molecule has 0 fully saturated rings. The van der Waals surface area contributed by atoms with Crippen molar-refractivity contribution in [2.75, 3.05) is 17.6 Å². The molecule has 0 aliphatic rings. The van der Waals surface area contributed by atoms with Crippen molar-refractivity contribution >= 4 is 34.8 Å². The van der Waals surface area contributed by atoms with Gasteiger partial charge in [0.05, 0.1) is 0 Å². The van der Waals surface area contributed by atoms with Crippen molar-refractivity contribution in [2.24, 2.45) is 0 Å². The van der Waals surface area contributed by atoms with E-state index in [0.717, 1.165) is 24.5 Å². The highest BCUT2D eigenvalue weighted by Crippen LogP contribution is 2.12. The van der Waals surface area contributed by atoms with E-state index in [9.17, 15) is 4.39 Å². The summed E-state index contributed by atoms with van der Waals surface area (Å²) in [5, 5.41) is 6.63. The number of nitrogens with one attached hydrogen (secondary N) is 2. The molecule has 0 aliphatic heterocycles. The maximum Gasteiger partial charge on any atom is 0.170 e. The Bertz CT molecular complexity index is 590. The fraction of sp³-hybridized carbons (Fsp3) is 0.235. The highest BCUT2D eigenvalue weighted by Gasteiger charge is 1.99. The molecule has 0 atom stereocenters. The first kappa shape index (κ1) is 16.8. The SMILES string of the molecule is Fc1cccc(NC(=S)NCCCSCc2ccccc2)c1. The van der Waals surface area contributed by atoms with Gasteiger partial charge in [0.25, 0.3) is 0 Å². The minimum Gasteiger partial charge on any atom is -0.362 e. The van der Waals surface area contributed by atoms with Gasteiger partial charge in [-0.15, -0.1) is 0 Å². The summed E-state index contributed by atoms with van der Waals surface area (Å²) in [6.45, 7) is 0.808. The lowest BCUT2D eigenvalue weighted by atomic mass is 10.2. The van der Waals surface area contributed by atoms with Crippen LogP contribution in [0.25, 0.3) is 0 Å². The molecule has 2 N–H and O–H groups in total. The number of thiocarbonyl (C=S) groups is 1. The first-order valence-corrected chi connectivity index (χ1v) is 8.72. The number of anilines is 1. The smallest absolute Gasteiger partial charge is 0.170 e. The Kier molecular flexibility index (Phi) is 7.19. The van der Waals surface area contributed by atoms with Crippen LogP contribution in [0.4, 0.5) is 10.1 Å². The van der Waals surface area contributed by atoms with E-state index >= 15 is 0 Å². The molecule has 0 amide bonds. The molecule has 116 valence electrons. The number of benzene rings is 2. The van der Waals surface area contributed by atoms with Gasteiger partial charge in [-0.1, -0.05) is 36.4 Å². The second-order valence-corrected chi connectivity index (χ2v) is 6.30. The summed E-state index contributed by atoms with van der Waals surface area (Å²) >= 11 is 7.09. The predicted octanol–water partition coefficient (Wildman–Crippen LogP) is 4.44. The summed E-state index contributed by atoms with van der Waals surface area (Å²) in [5.74, 6) is 1.84. The molecule has 5 heteroatoms. The minimum atomic E-state index is -0.273. The van der Waals surface area contributed by atoms with Crippen molar-refractivity contribution in [3.8, 4) is 0 Å². The maximum atomic E-state index is 13.0. The standard InChI is InChI=1S/C17H19FN2S2/c18-15-8-4-9-16(12-15)20-17(21)19-10-5-11-22-13-14-6-2-1-3-7-14/h1-4,6-9,12H,5,10-11,13H2,(H2,19,20,21). The molecule has 0 saturated heterocycles. The molecule has 0 spiro atoms. The van der Waals surface area contributed by atoms with Crippen molar-refractivity contribution in [1.29, 1.82) is 0 Å². The van der Waals surface area contributed by atoms with Gasteiger partial charge in [-0.2, -0.15) is 11.8 Å². The fourth-order valence-electron chi connectivity index (χ4n) is 1.88. The number of hydrogen-bond donors (Lipinski definition) is 2. The zero-order chi connectivity index (χ0) is 15.6. The molecule has 22 heavy (non-hydrogen) atoms. The summed E-state index contributed by atoms with van der Waals surface area (Å²) in [6, 6.07) is 16.7.